The number of halogens is 1. The van der Waals surface area contributed by atoms with Crippen molar-refractivity contribution in [2.24, 2.45) is 11.8 Å². The SMILES string of the molecule is Cc1ccc(NC(=O)[C@@H]2CC=CC[C@H]2C(=O)[O-])cc1NC(=O)c1ccc(Cl)cc1. The van der Waals surface area contributed by atoms with Gasteiger partial charge in [0, 0.05) is 33.8 Å². The topological polar surface area (TPSA) is 98.3 Å². The molecular formula is C22H20ClN2O4-. The normalized spacial score (nSPS) is 18.1. The van der Waals surface area contributed by atoms with E-state index in [1.54, 1.807) is 54.6 Å². The number of carboxylic acid groups (broad SMARTS) is 1. The first-order valence-electron chi connectivity index (χ1n) is 9.19. The number of anilines is 2. The number of benzene rings is 2. The molecule has 1 aliphatic rings. The summed E-state index contributed by atoms with van der Waals surface area (Å²) in [5, 5.41) is 17.4. The minimum Gasteiger partial charge on any atom is -0.550 e. The Balaban J connectivity index is 1.74. The molecule has 2 amide bonds. The van der Waals surface area contributed by atoms with Gasteiger partial charge < -0.3 is 20.5 Å². The van der Waals surface area contributed by atoms with Crippen LogP contribution in [0.5, 0.6) is 0 Å². The van der Waals surface area contributed by atoms with Crippen LogP contribution < -0.4 is 15.7 Å². The Labute approximate surface area is 173 Å². The van der Waals surface area contributed by atoms with Crippen molar-refractivity contribution in [1.29, 1.82) is 0 Å². The number of carbonyl (C=O) groups is 3. The van der Waals surface area contributed by atoms with Crippen molar-refractivity contribution < 1.29 is 19.5 Å². The van der Waals surface area contributed by atoms with Gasteiger partial charge in [-0.15, -0.1) is 0 Å². The molecule has 0 bridgehead atoms. The van der Waals surface area contributed by atoms with Crippen LogP contribution in [0.25, 0.3) is 0 Å². The van der Waals surface area contributed by atoms with Crippen LogP contribution in [0.1, 0.15) is 28.8 Å². The van der Waals surface area contributed by atoms with Crippen LogP contribution in [0, 0.1) is 18.8 Å². The fourth-order valence-electron chi connectivity index (χ4n) is 3.23. The number of carboxylic acids is 1. The summed E-state index contributed by atoms with van der Waals surface area (Å²) in [5.41, 5.74) is 2.29. The first-order valence-corrected chi connectivity index (χ1v) is 9.57. The molecule has 0 spiro atoms. The molecule has 1 aliphatic carbocycles. The lowest BCUT2D eigenvalue weighted by Crippen LogP contribution is -2.41. The Hall–Kier alpha value is -3.12. The Bertz CT molecular complexity index is 969. The van der Waals surface area contributed by atoms with Gasteiger partial charge in [-0.2, -0.15) is 0 Å². The fourth-order valence-corrected chi connectivity index (χ4v) is 3.36. The molecule has 2 N–H and O–H groups in total. The van der Waals surface area contributed by atoms with Crippen LogP contribution in [0.2, 0.25) is 5.02 Å². The van der Waals surface area contributed by atoms with Gasteiger partial charge in [0.05, 0.1) is 5.92 Å². The molecule has 7 heteroatoms. The zero-order valence-corrected chi connectivity index (χ0v) is 16.5. The van der Waals surface area contributed by atoms with Crippen LogP contribution in [-0.2, 0) is 9.59 Å². The van der Waals surface area contributed by atoms with Crippen molar-refractivity contribution in [3.8, 4) is 0 Å². The van der Waals surface area contributed by atoms with Crippen LogP contribution in [-0.4, -0.2) is 17.8 Å². The summed E-state index contributed by atoms with van der Waals surface area (Å²) in [6.45, 7) is 1.83. The minimum absolute atomic E-state index is 0.275. The van der Waals surface area contributed by atoms with Crippen LogP contribution in [0.4, 0.5) is 11.4 Å². The van der Waals surface area contributed by atoms with E-state index in [-0.39, 0.29) is 18.2 Å². The van der Waals surface area contributed by atoms with Crippen molar-refractivity contribution in [3.05, 3.63) is 70.8 Å². The van der Waals surface area contributed by atoms with E-state index in [0.717, 1.165) is 5.56 Å². The highest BCUT2D eigenvalue weighted by atomic mass is 35.5. The highest BCUT2D eigenvalue weighted by Gasteiger charge is 2.29. The van der Waals surface area contributed by atoms with Crippen molar-refractivity contribution in [1.82, 2.24) is 0 Å². The lowest BCUT2D eigenvalue weighted by atomic mass is 9.82. The zero-order chi connectivity index (χ0) is 21.0. The van der Waals surface area contributed by atoms with Crippen molar-refractivity contribution in [2.45, 2.75) is 19.8 Å². The Morgan fingerprint density at radius 2 is 1.62 bits per heavy atom. The Morgan fingerprint density at radius 3 is 2.28 bits per heavy atom. The summed E-state index contributed by atoms with van der Waals surface area (Å²) in [7, 11) is 0. The molecule has 150 valence electrons. The Kier molecular flexibility index (Phi) is 6.34. The number of nitrogens with one attached hydrogen (secondary N) is 2. The number of amides is 2. The zero-order valence-electron chi connectivity index (χ0n) is 15.8. The molecule has 0 fully saturated rings. The summed E-state index contributed by atoms with van der Waals surface area (Å²) in [5.74, 6) is -3.47. The smallest absolute Gasteiger partial charge is 0.255 e. The van der Waals surface area contributed by atoms with Crippen LogP contribution in [0.15, 0.2) is 54.6 Å². The summed E-state index contributed by atoms with van der Waals surface area (Å²) >= 11 is 5.85. The number of carbonyl (C=O) groups excluding carboxylic acids is 3. The molecule has 0 radical (unpaired) electrons. The number of rotatable bonds is 5. The number of hydrogen-bond acceptors (Lipinski definition) is 4. The summed E-state index contributed by atoms with van der Waals surface area (Å²) in [6, 6.07) is 11.6. The number of aliphatic carboxylic acids is 1. The van der Waals surface area contributed by atoms with Gasteiger partial charge in [0.25, 0.3) is 5.91 Å². The molecule has 6 nitrogen and oxygen atoms in total. The average Bonchev–Trinajstić information content (AvgIpc) is 2.70. The van der Waals surface area contributed by atoms with Gasteiger partial charge >= 0.3 is 0 Å². The molecule has 0 saturated heterocycles. The minimum atomic E-state index is -1.23. The fraction of sp³-hybridized carbons (Fsp3) is 0.227. The van der Waals surface area contributed by atoms with Gasteiger partial charge in [-0.1, -0.05) is 29.8 Å². The van der Waals surface area contributed by atoms with Crippen molar-refractivity contribution in [3.63, 3.8) is 0 Å². The quantitative estimate of drug-likeness (QED) is 0.738. The predicted octanol–water partition coefficient (Wildman–Crippen LogP) is 3.17. The van der Waals surface area contributed by atoms with E-state index in [1.165, 1.54) is 0 Å². The highest BCUT2D eigenvalue weighted by Crippen LogP contribution is 2.28. The molecule has 2 atom stereocenters. The van der Waals surface area contributed by atoms with Gasteiger partial charge in [0.2, 0.25) is 5.91 Å². The third kappa shape index (κ3) is 5.03. The molecule has 0 unspecified atom stereocenters. The van der Waals surface area contributed by atoms with E-state index in [9.17, 15) is 19.5 Å². The van der Waals surface area contributed by atoms with E-state index in [2.05, 4.69) is 10.6 Å². The molecule has 0 aromatic heterocycles. The molecule has 0 heterocycles. The van der Waals surface area contributed by atoms with Gasteiger partial charge in [-0.25, -0.2) is 0 Å². The largest absolute Gasteiger partial charge is 0.550 e. The lowest BCUT2D eigenvalue weighted by molar-refractivity contribution is -0.313. The van der Waals surface area contributed by atoms with Gasteiger partial charge in [0.1, 0.15) is 0 Å². The lowest BCUT2D eigenvalue weighted by Gasteiger charge is -2.28. The van der Waals surface area contributed by atoms with Gasteiger partial charge in [-0.3, -0.25) is 9.59 Å². The predicted molar refractivity (Wildman–Crippen MR) is 110 cm³/mol. The van der Waals surface area contributed by atoms with Crippen molar-refractivity contribution in [2.75, 3.05) is 10.6 Å². The third-order valence-electron chi connectivity index (χ3n) is 4.93. The van der Waals surface area contributed by atoms with Crippen LogP contribution >= 0.6 is 11.6 Å². The average molecular weight is 412 g/mol. The standard InChI is InChI=1S/C22H21ClN2O4/c1-13-6-11-16(24-21(27)17-4-2-3-5-18(17)22(28)29)12-19(13)25-20(26)14-7-9-15(23)10-8-14/h2-3,6-12,17-18H,4-5H2,1H3,(H,24,27)(H,25,26)(H,28,29)/p-1/t17-,18-/m1/s1. The molecular weight excluding hydrogens is 392 g/mol. The van der Waals surface area contributed by atoms with E-state index in [1.807, 2.05) is 6.92 Å². The maximum absolute atomic E-state index is 12.6. The van der Waals surface area contributed by atoms with E-state index >= 15 is 0 Å². The second-order valence-electron chi connectivity index (χ2n) is 6.95. The number of allylic oxidation sites excluding steroid dienone is 2. The van der Waals surface area contributed by atoms with E-state index in [0.29, 0.717) is 28.4 Å². The number of hydrogen-bond donors (Lipinski definition) is 2. The first-order chi connectivity index (χ1) is 13.8. The summed E-state index contributed by atoms with van der Waals surface area (Å²) in [6.07, 6.45) is 4.17. The van der Waals surface area contributed by atoms with E-state index in [4.69, 9.17) is 11.6 Å². The first kappa shape index (κ1) is 20.6. The second-order valence-corrected chi connectivity index (χ2v) is 7.39. The molecule has 3 rings (SSSR count). The van der Waals surface area contributed by atoms with Crippen molar-refractivity contribution >= 4 is 40.8 Å². The third-order valence-corrected chi connectivity index (χ3v) is 5.18. The monoisotopic (exact) mass is 411 g/mol. The number of aryl methyl sites for hydroxylation is 1. The van der Waals surface area contributed by atoms with Crippen LogP contribution in [0.3, 0.4) is 0 Å². The second kappa shape index (κ2) is 8.92. The maximum Gasteiger partial charge on any atom is 0.255 e. The highest BCUT2D eigenvalue weighted by molar-refractivity contribution is 6.30. The molecule has 29 heavy (non-hydrogen) atoms. The van der Waals surface area contributed by atoms with Gasteiger partial charge in [-0.05, 0) is 61.7 Å². The van der Waals surface area contributed by atoms with E-state index < -0.39 is 17.8 Å². The summed E-state index contributed by atoms with van der Waals surface area (Å²) in [4.78, 5) is 36.4. The molecule has 0 aliphatic heterocycles. The molecule has 2 aromatic rings. The maximum atomic E-state index is 12.6. The van der Waals surface area contributed by atoms with Gasteiger partial charge in [0.15, 0.2) is 0 Å². The molecule has 2 aromatic carbocycles. The molecule has 0 saturated carbocycles. The Morgan fingerprint density at radius 1 is 0.966 bits per heavy atom. The summed E-state index contributed by atoms with van der Waals surface area (Å²) < 4.78 is 0.